The molecule has 0 amide bonds. The van der Waals surface area contributed by atoms with Gasteiger partial charge in [-0.3, -0.25) is 14.6 Å². The van der Waals surface area contributed by atoms with Gasteiger partial charge in [0, 0.05) is 6.54 Å². The summed E-state index contributed by atoms with van der Waals surface area (Å²) in [5.74, 6) is 0. The lowest BCUT2D eigenvalue weighted by molar-refractivity contribution is 0.564. The van der Waals surface area contributed by atoms with E-state index < -0.39 is 0 Å². The highest BCUT2D eigenvalue weighted by molar-refractivity contribution is 5.78. The SMILES string of the molecule is CCCCCn1[nH]c(=O)c2ccccc21. The van der Waals surface area contributed by atoms with Crippen molar-refractivity contribution in [2.24, 2.45) is 0 Å². The first-order valence-electron chi connectivity index (χ1n) is 5.50. The Morgan fingerprint density at radius 2 is 2.07 bits per heavy atom. The normalized spacial score (nSPS) is 11.0. The fourth-order valence-corrected chi connectivity index (χ4v) is 1.84. The standard InChI is InChI=1S/C12H16N2O/c1-2-3-6-9-14-11-8-5-4-7-10(11)12(15)13-14/h4-5,7-8H,2-3,6,9H2,1H3,(H,13,15). The van der Waals surface area contributed by atoms with Crippen molar-refractivity contribution < 1.29 is 0 Å². The molecule has 1 heterocycles. The van der Waals surface area contributed by atoms with Crippen LogP contribution < -0.4 is 5.56 Å². The Bertz CT molecular complexity index is 496. The van der Waals surface area contributed by atoms with Gasteiger partial charge in [-0.1, -0.05) is 31.9 Å². The van der Waals surface area contributed by atoms with E-state index in [0.717, 1.165) is 23.9 Å². The van der Waals surface area contributed by atoms with Crippen LogP contribution in [0.3, 0.4) is 0 Å². The highest BCUT2D eigenvalue weighted by atomic mass is 16.1. The second-order valence-electron chi connectivity index (χ2n) is 3.82. The lowest BCUT2D eigenvalue weighted by atomic mass is 10.2. The first-order valence-corrected chi connectivity index (χ1v) is 5.50. The van der Waals surface area contributed by atoms with Gasteiger partial charge in [0.05, 0.1) is 10.9 Å². The molecule has 2 aromatic rings. The second-order valence-corrected chi connectivity index (χ2v) is 3.82. The Morgan fingerprint density at radius 3 is 2.87 bits per heavy atom. The van der Waals surface area contributed by atoms with E-state index in [1.54, 1.807) is 0 Å². The molecule has 1 aromatic carbocycles. The molecule has 0 unspecified atom stereocenters. The van der Waals surface area contributed by atoms with Crippen LogP contribution in [0.5, 0.6) is 0 Å². The molecule has 0 spiro atoms. The smallest absolute Gasteiger partial charge is 0.271 e. The van der Waals surface area contributed by atoms with E-state index in [0.29, 0.717) is 0 Å². The largest absolute Gasteiger partial charge is 0.284 e. The quantitative estimate of drug-likeness (QED) is 0.763. The van der Waals surface area contributed by atoms with Crippen molar-refractivity contribution in [3.05, 3.63) is 34.6 Å². The van der Waals surface area contributed by atoms with E-state index in [9.17, 15) is 4.79 Å². The van der Waals surface area contributed by atoms with E-state index in [1.807, 2.05) is 28.9 Å². The molecule has 2 rings (SSSR count). The number of para-hydroxylation sites is 1. The molecule has 0 saturated carbocycles. The number of fused-ring (bicyclic) bond motifs is 1. The lowest BCUT2D eigenvalue weighted by Crippen LogP contribution is -2.05. The maximum Gasteiger partial charge on any atom is 0.271 e. The van der Waals surface area contributed by atoms with E-state index >= 15 is 0 Å². The van der Waals surface area contributed by atoms with Crippen LogP contribution in [0.25, 0.3) is 10.9 Å². The third-order valence-electron chi connectivity index (χ3n) is 2.66. The Balaban J connectivity index is 2.31. The fourth-order valence-electron chi connectivity index (χ4n) is 1.84. The van der Waals surface area contributed by atoms with Gasteiger partial charge in [0.2, 0.25) is 0 Å². The summed E-state index contributed by atoms with van der Waals surface area (Å²) in [6.07, 6.45) is 3.52. The van der Waals surface area contributed by atoms with Gasteiger partial charge in [0.15, 0.2) is 0 Å². The zero-order chi connectivity index (χ0) is 10.7. The van der Waals surface area contributed by atoms with Crippen LogP contribution in [0.1, 0.15) is 26.2 Å². The number of nitrogens with one attached hydrogen (secondary N) is 1. The molecular formula is C12H16N2O. The summed E-state index contributed by atoms with van der Waals surface area (Å²) in [6.45, 7) is 3.08. The highest BCUT2D eigenvalue weighted by Gasteiger charge is 2.03. The predicted octanol–water partition coefficient (Wildman–Crippen LogP) is 2.52. The topological polar surface area (TPSA) is 37.8 Å². The number of hydrogen-bond donors (Lipinski definition) is 1. The lowest BCUT2D eigenvalue weighted by Gasteiger charge is -2.02. The molecule has 0 radical (unpaired) electrons. The summed E-state index contributed by atoms with van der Waals surface area (Å²) in [5, 5.41) is 3.66. The average Bonchev–Trinajstić information content (AvgIpc) is 2.58. The first kappa shape index (κ1) is 10.0. The highest BCUT2D eigenvalue weighted by Crippen LogP contribution is 2.09. The van der Waals surface area contributed by atoms with Crippen molar-refractivity contribution in [1.82, 2.24) is 9.78 Å². The number of H-pyrrole nitrogens is 1. The van der Waals surface area contributed by atoms with E-state index in [-0.39, 0.29) is 5.56 Å². The summed E-state index contributed by atoms with van der Waals surface area (Å²) < 4.78 is 1.95. The Hall–Kier alpha value is -1.51. The maximum atomic E-state index is 11.6. The van der Waals surface area contributed by atoms with Crippen LogP contribution >= 0.6 is 0 Å². The summed E-state index contributed by atoms with van der Waals surface area (Å²) >= 11 is 0. The third kappa shape index (κ3) is 1.96. The predicted molar refractivity (Wildman–Crippen MR) is 62.1 cm³/mol. The Morgan fingerprint density at radius 1 is 1.27 bits per heavy atom. The van der Waals surface area contributed by atoms with E-state index in [1.165, 1.54) is 12.8 Å². The van der Waals surface area contributed by atoms with Gasteiger partial charge in [-0.15, -0.1) is 0 Å². The fraction of sp³-hybridized carbons (Fsp3) is 0.417. The van der Waals surface area contributed by atoms with E-state index in [2.05, 4.69) is 12.0 Å². The van der Waals surface area contributed by atoms with Crippen molar-refractivity contribution >= 4 is 10.9 Å². The Labute approximate surface area is 88.7 Å². The number of nitrogens with zero attached hydrogens (tertiary/aromatic N) is 1. The molecule has 80 valence electrons. The minimum absolute atomic E-state index is 0.0158. The van der Waals surface area contributed by atoms with Crippen LogP contribution in [-0.2, 0) is 6.54 Å². The number of benzene rings is 1. The van der Waals surface area contributed by atoms with Gasteiger partial charge in [-0.2, -0.15) is 0 Å². The van der Waals surface area contributed by atoms with Crippen LogP contribution in [0, 0.1) is 0 Å². The summed E-state index contributed by atoms with van der Waals surface area (Å²) in [7, 11) is 0. The van der Waals surface area contributed by atoms with Gasteiger partial charge in [0.1, 0.15) is 0 Å². The molecule has 0 aliphatic rings. The molecule has 0 atom stereocenters. The Kier molecular flexibility index (Phi) is 2.90. The average molecular weight is 204 g/mol. The molecule has 1 N–H and O–H groups in total. The van der Waals surface area contributed by atoms with Gasteiger partial charge < -0.3 is 0 Å². The molecule has 3 heteroatoms. The second kappa shape index (κ2) is 4.34. The van der Waals surface area contributed by atoms with Crippen molar-refractivity contribution in [3.63, 3.8) is 0 Å². The van der Waals surface area contributed by atoms with Gasteiger partial charge in [-0.25, -0.2) is 0 Å². The van der Waals surface area contributed by atoms with Crippen molar-refractivity contribution in [2.45, 2.75) is 32.7 Å². The van der Waals surface area contributed by atoms with Gasteiger partial charge in [-0.05, 0) is 18.6 Å². The molecular weight excluding hydrogens is 188 g/mol. The molecule has 15 heavy (non-hydrogen) atoms. The summed E-state index contributed by atoms with van der Waals surface area (Å²) in [4.78, 5) is 11.6. The third-order valence-corrected chi connectivity index (χ3v) is 2.66. The van der Waals surface area contributed by atoms with Gasteiger partial charge in [0.25, 0.3) is 5.56 Å². The zero-order valence-electron chi connectivity index (χ0n) is 8.99. The molecule has 0 aliphatic heterocycles. The van der Waals surface area contributed by atoms with Crippen molar-refractivity contribution in [2.75, 3.05) is 0 Å². The molecule has 0 fully saturated rings. The van der Waals surface area contributed by atoms with E-state index in [4.69, 9.17) is 0 Å². The van der Waals surface area contributed by atoms with Crippen LogP contribution in [0.2, 0.25) is 0 Å². The first-order chi connectivity index (χ1) is 7.33. The molecule has 0 saturated heterocycles. The molecule has 0 aliphatic carbocycles. The minimum atomic E-state index is 0.0158. The van der Waals surface area contributed by atoms with Crippen LogP contribution in [-0.4, -0.2) is 9.78 Å². The van der Waals surface area contributed by atoms with Crippen molar-refractivity contribution in [1.29, 1.82) is 0 Å². The minimum Gasteiger partial charge on any atom is -0.284 e. The number of aromatic amines is 1. The number of aryl methyl sites for hydroxylation is 1. The summed E-state index contributed by atoms with van der Waals surface area (Å²) in [6, 6.07) is 7.71. The zero-order valence-corrected chi connectivity index (χ0v) is 8.99. The molecule has 0 bridgehead atoms. The van der Waals surface area contributed by atoms with Crippen LogP contribution in [0.15, 0.2) is 29.1 Å². The van der Waals surface area contributed by atoms with Gasteiger partial charge >= 0.3 is 0 Å². The molecule has 1 aromatic heterocycles. The van der Waals surface area contributed by atoms with Crippen molar-refractivity contribution in [3.8, 4) is 0 Å². The van der Waals surface area contributed by atoms with Crippen LogP contribution in [0.4, 0.5) is 0 Å². The number of aromatic nitrogens is 2. The summed E-state index contributed by atoms with van der Waals surface area (Å²) in [5.41, 5.74) is 1.03. The number of unbranched alkanes of at least 4 members (excludes halogenated alkanes) is 2. The number of hydrogen-bond acceptors (Lipinski definition) is 1. The molecule has 3 nitrogen and oxygen atoms in total. The maximum absolute atomic E-state index is 11.6. The number of rotatable bonds is 4. The monoisotopic (exact) mass is 204 g/mol.